The molecule has 0 heterocycles. The number of aryl methyl sites for hydroxylation is 1. The third-order valence-electron chi connectivity index (χ3n) is 4.00. The molecule has 0 amide bonds. The lowest BCUT2D eigenvalue weighted by Gasteiger charge is -2.17. The summed E-state index contributed by atoms with van der Waals surface area (Å²) in [6.07, 6.45) is 11.4. The number of carbonyl (C=O) groups is 1. The Morgan fingerprint density at radius 1 is 1.15 bits per heavy atom. The molecule has 0 saturated heterocycles. The number of ether oxygens (including phenoxy) is 2. The fourth-order valence-corrected chi connectivity index (χ4v) is 2.97. The van der Waals surface area contributed by atoms with Crippen molar-refractivity contribution in [2.45, 2.75) is 40.0 Å². The van der Waals surface area contributed by atoms with Gasteiger partial charge in [-0.05, 0) is 50.1 Å². The zero-order valence-corrected chi connectivity index (χ0v) is 16.5. The first-order valence-electron chi connectivity index (χ1n) is 9.15. The molecule has 4 heteroatoms. The minimum Gasteiger partial charge on any atom is -0.493 e. The molecule has 0 fully saturated rings. The second-order valence-electron chi connectivity index (χ2n) is 5.94. The van der Waals surface area contributed by atoms with Crippen molar-refractivity contribution in [3.63, 3.8) is 0 Å². The van der Waals surface area contributed by atoms with E-state index in [-0.39, 0.29) is 5.78 Å². The number of hydrogen-bond donors (Lipinski definition) is 0. The van der Waals surface area contributed by atoms with Crippen molar-refractivity contribution >= 4 is 28.9 Å². The van der Waals surface area contributed by atoms with Crippen LogP contribution in [0.4, 0.5) is 0 Å². The van der Waals surface area contributed by atoms with Crippen molar-refractivity contribution in [3.8, 4) is 11.5 Å². The highest BCUT2D eigenvalue weighted by Gasteiger charge is 2.14. The summed E-state index contributed by atoms with van der Waals surface area (Å²) < 4.78 is 11.7. The lowest BCUT2D eigenvalue weighted by Crippen LogP contribution is -2.04. The second kappa shape index (κ2) is 10.1. The van der Waals surface area contributed by atoms with Gasteiger partial charge in [-0.15, -0.1) is 0 Å². The number of ketones is 1. The summed E-state index contributed by atoms with van der Waals surface area (Å²) in [5.74, 6) is 1.49. The van der Waals surface area contributed by atoms with E-state index in [0.29, 0.717) is 25.2 Å². The molecule has 0 saturated carbocycles. The zero-order chi connectivity index (χ0) is 18.9. The average Bonchev–Trinajstić information content (AvgIpc) is 2.64. The van der Waals surface area contributed by atoms with Gasteiger partial charge in [-0.25, -0.2) is 0 Å². The van der Waals surface area contributed by atoms with Gasteiger partial charge in [-0.3, -0.25) is 4.79 Å². The molecule has 1 aromatic carbocycles. The molecule has 0 radical (unpaired) electrons. The van der Waals surface area contributed by atoms with Crippen LogP contribution in [0.2, 0.25) is 0 Å². The Hall–Kier alpha value is -2.20. The number of carbonyl (C=O) groups excluding carboxylic acids is 1. The van der Waals surface area contributed by atoms with E-state index in [1.165, 1.54) is 0 Å². The molecule has 0 unspecified atom stereocenters. The molecule has 0 aromatic heterocycles. The van der Waals surface area contributed by atoms with Gasteiger partial charge in [0.05, 0.1) is 18.8 Å². The predicted molar refractivity (Wildman–Crippen MR) is 111 cm³/mol. The third kappa shape index (κ3) is 5.15. The Kier molecular flexibility index (Phi) is 7.79. The highest BCUT2D eigenvalue weighted by Crippen LogP contribution is 2.35. The topological polar surface area (TPSA) is 35.5 Å². The maximum absolute atomic E-state index is 12.5. The van der Waals surface area contributed by atoms with E-state index in [1.807, 2.05) is 38.1 Å². The van der Waals surface area contributed by atoms with Crippen LogP contribution in [-0.4, -0.2) is 23.9 Å². The van der Waals surface area contributed by atoms with E-state index >= 15 is 0 Å². The Morgan fingerprint density at radius 2 is 1.92 bits per heavy atom. The van der Waals surface area contributed by atoms with E-state index in [2.05, 4.69) is 6.92 Å². The Balaban J connectivity index is 2.38. The standard InChI is InChI=1S/C22H26O3S/c1-4-7-17-10-15-21(24-5-2)19(22(17)25-6-3)13-14-20(23)16-8-11-18(26)12-9-16/h8-11,13-15H,4-7,12H2,1-3H3. The van der Waals surface area contributed by atoms with Gasteiger partial charge in [0, 0.05) is 16.9 Å². The molecule has 0 spiro atoms. The quantitative estimate of drug-likeness (QED) is 0.438. The van der Waals surface area contributed by atoms with Gasteiger partial charge in [0.1, 0.15) is 11.5 Å². The van der Waals surface area contributed by atoms with Crippen LogP contribution >= 0.6 is 12.2 Å². The first-order chi connectivity index (χ1) is 12.6. The van der Waals surface area contributed by atoms with Gasteiger partial charge < -0.3 is 9.47 Å². The van der Waals surface area contributed by atoms with Gasteiger partial charge in [0.2, 0.25) is 0 Å². The van der Waals surface area contributed by atoms with Crippen LogP contribution in [0.15, 0.2) is 42.0 Å². The van der Waals surface area contributed by atoms with Crippen molar-refractivity contribution < 1.29 is 14.3 Å². The Labute approximate surface area is 161 Å². The van der Waals surface area contributed by atoms with Gasteiger partial charge in [0.25, 0.3) is 0 Å². The summed E-state index contributed by atoms with van der Waals surface area (Å²) in [6, 6.07) is 4.01. The average molecular weight is 371 g/mol. The van der Waals surface area contributed by atoms with Gasteiger partial charge >= 0.3 is 0 Å². The molecule has 3 nitrogen and oxygen atoms in total. The zero-order valence-electron chi connectivity index (χ0n) is 15.7. The molecule has 0 N–H and O–H groups in total. The minimum atomic E-state index is -0.0467. The van der Waals surface area contributed by atoms with E-state index in [9.17, 15) is 4.79 Å². The van der Waals surface area contributed by atoms with E-state index in [1.54, 1.807) is 18.2 Å². The molecule has 1 aromatic rings. The highest BCUT2D eigenvalue weighted by atomic mass is 32.1. The summed E-state index contributed by atoms with van der Waals surface area (Å²) in [6.45, 7) is 7.16. The maximum Gasteiger partial charge on any atom is 0.185 e. The summed E-state index contributed by atoms with van der Waals surface area (Å²) in [5.41, 5.74) is 2.62. The first-order valence-corrected chi connectivity index (χ1v) is 9.56. The maximum atomic E-state index is 12.5. The summed E-state index contributed by atoms with van der Waals surface area (Å²) >= 11 is 5.12. The van der Waals surface area contributed by atoms with Crippen molar-refractivity contribution in [3.05, 3.63) is 53.1 Å². The van der Waals surface area contributed by atoms with Crippen LogP contribution in [-0.2, 0) is 11.2 Å². The molecule has 1 aliphatic rings. The van der Waals surface area contributed by atoms with Crippen molar-refractivity contribution in [2.75, 3.05) is 13.2 Å². The van der Waals surface area contributed by atoms with Crippen molar-refractivity contribution in [2.24, 2.45) is 0 Å². The summed E-state index contributed by atoms with van der Waals surface area (Å²) in [7, 11) is 0. The molecular formula is C22H26O3S. The monoisotopic (exact) mass is 370 g/mol. The van der Waals surface area contributed by atoms with Crippen LogP contribution in [0.25, 0.3) is 6.08 Å². The smallest absolute Gasteiger partial charge is 0.185 e. The predicted octanol–water partition coefficient (Wildman–Crippen LogP) is 5.28. The van der Waals surface area contributed by atoms with Gasteiger partial charge in [-0.1, -0.05) is 43.8 Å². The number of benzene rings is 1. The van der Waals surface area contributed by atoms with Gasteiger partial charge in [0.15, 0.2) is 5.78 Å². The molecule has 26 heavy (non-hydrogen) atoms. The SMILES string of the molecule is CCCc1ccc(OCC)c(C=CC(=O)C2=CCC(=S)C=C2)c1OCC. The molecule has 0 bridgehead atoms. The van der Waals surface area contributed by atoms with Crippen molar-refractivity contribution in [1.29, 1.82) is 0 Å². The molecule has 0 aliphatic heterocycles. The van der Waals surface area contributed by atoms with Gasteiger partial charge in [-0.2, -0.15) is 0 Å². The van der Waals surface area contributed by atoms with Crippen molar-refractivity contribution in [1.82, 2.24) is 0 Å². The Bertz CT molecular complexity index is 757. The second-order valence-corrected chi connectivity index (χ2v) is 6.47. The largest absolute Gasteiger partial charge is 0.493 e. The summed E-state index contributed by atoms with van der Waals surface area (Å²) in [5, 5.41) is 0. The lowest BCUT2D eigenvalue weighted by molar-refractivity contribution is -0.111. The highest BCUT2D eigenvalue weighted by molar-refractivity contribution is 7.80. The number of rotatable bonds is 9. The first kappa shape index (κ1) is 20.1. The molecular weight excluding hydrogens is 344 g/mol. The third-order valence-corrected chi connectivity index (χ3v) is 4.31. The van der Waals surface area contributed by atoms with Crippen LogP contribution in [0, 0.1) is 0 Å². The van der Waals surface area contributed by atoms with Crippen LogP contribution in [0.3, 0.4) is 0 Å². The number of hydrogen-bond acceptors (Lipinski definition) is 4. The van der Waals surface area contributed by atoms with E-state index < -0.39 is 0 Å². The van der Waals surface area contributed by atoms with Crippen LogP contribution in [0.1, 0.15) is 44.7 Å². The van der Waals surface area contributed by atoms with E-state index in [4.69, 9.17) is 21.7 Å². The Morgan fingerprint density at radius 3 is 2.54 bits per heavy atom. The molecule has 2 rings (SSSR count). The molecule has 138 valence electrons. The fraction of sp³-hybridized carbons (Fsp3) is 0.364. The molecule has 1 aliphatic carbocycles. The number of thiocarbonyl (C=S) groups is 1. The van der Waals surface area contributed by atoms with Crippen LogP contribution < -0.4 is 9.47 Å². The van der Waals surface area contributed by atoms with Crippen LogP contribution in [0.5, 0.6) is 11.5 Å². The normalized spacial score (nSPS) is 13.8. The minimum absolute atomic E-state index is 0.0467. The summed E-state index contributed by atoms with van der Waals surface area (Å²) in [4.78, 5) is 13.3. The lowest BCUT2D eigenvalue weighted by atomic mass is 10.0. The fourth-order valence-electron chi connectivity index (χ4n) is 2.81. The van der Waals surface area contributed by atoms with E-state index in [0.717, 1.165) is 40.3 Å². The molecule has 0 atom stereocenters. The number of allylic oxidation sites excluding steroid dienone is 5.